The number of furan rings is 1. The van der Waals surface area contributed by atoms with Gasteiger partial charge in [-0.3, -0.25) is 4.79 Å². The Morgan fingerprint density at radius 3 is 2.74 bits per heavy atom. The van der Waals surface area contributed by atoms with E-state index in [-0.39, 0.29) is 11.9 Å². The van der Waals surface area contributed by atoms with Crippen LogP contribution in [0.15, 0.2) is 63.8 Å². The number of halogens is 1. The van der Waals surface area contributed by atoms with Crippen LogP contribution in [-0.4, -0.2) is 20.3 Å². The number of nitrogens with one attached hydrogen (secondary N) is 1. The lowest BCUT2D eigenvalue weighted by Crippen LogP contribution is -2.20. The van der Waals surface area contributed by atoms with Crippen molar-refractivity contribution in [2.75, 3.05) is 5.32 Å². The van der Waals surface area contributed by atoms with Crippen LogP contribution in [0.4, 0.5) is 5.82 Å². The average Bonchev–Trinajstić information content (AvgIpc) is 3.34. The minimum Gasteiger partial charge on any atom is -0.448 e. The van der Waals surface area contributed by atoms with Crippen LogP contribution in [0.5, 0.6) is 0 Å². The molecule has 0 bridgehead atoms. The first-order valence-corrected chi connectivity index (χ1v) is 9.52. The molecule has 0 spiro atoms. The van der Waals surface area contributed by atoms with Crippen LogP contribution in [0.1, 0.15) is 35.4 Å². The zero-order valence-electron chi connectivity index (χ0n) is 15.0. The number of hydrogen-bond donors (Lipinski definition) is 1. The molecule has 6 nitrogen and oxygen atoms in total. The molecule has 1 amide bonds. The molecule has 4 rings (SSSR count). The number of carbonyl (C=O) groups is 1. The molecule has 1 N–H and O–H groups in total. The van der Waals surface area contributed by atoms with Crippen molar-refractivity contribution in [1.29, 1.82) is 0 Å². The first kappa shape index (κ1) is 17.6. The largest absolute Gasteiger partial charge is 0.448 e. The molecular formula is C20H19BrN4O2. The Balaban J connectivity index is 1.63. The standard InChI is InChI=1S/C20H19BrN4O2/c1-3-14(13-7-5-4-6-8-13)25-19(9-10-22-25)23-20(26)16-11-17-15(24(16)2)12-18(21)27-17/h4-12,14H,3H2,1-2H3,(H,23,26). The molecule has 0 aliphatic rings. The summed E-state index contributed by atoms with van der Waals surface area (Å²) < 4.78 is 9.86. The van der Waals surface area contributed by atoms with E-state index in [1.807, 2.05) is 46.6 Å². The maximum Gasteiger partial charge on any atom is 0.273 e. The van der Waals surface area contributed by atoms with Crippen LogP contribution in [0.25, 0.3) is 11.1 Å². The molecule has 1 atom stereocenters. The van der Waals surface area contributed by atoms with Gasteiger partial charge in [-0.1, -0.05) is 37.3 Å². The Bertz CT molecular complexity index is 1090. The van der Waals surface area contributed by atoms with E-state index in [0.717, 1.165) is 17.5 Å². The van der Waals surface area contributed by atoms with E-state index in [2.05, 4.69) is 45.4 Å². The molecule has 0 aliphatic carbocycles. The molecule has 1 unspecified atom stereocenters. The van der Waals surface area contributed by atoms with E-state index in [9.17, 15) is 4.79 Å². The number of aryl methyl sites for hydroxylation is 1. The summed E-state index contributed by atoms with van der Waals surface area (Å²) in [6.07, 6.45) is 2.56. The van der Waals surface area contributed by atoms with Gasteiger partial charge >= 0.3 is 0 Å². The van der Waals surface area contributed by atoms with Crippen LogP contribution in [0, 0.1) is 0 Å². The van der Waals surface area contributed by atoms with E-state index in [4.69, 9.17) is 4.42 Å². The minimum atomic E-state index is -0.204. The molecule has 1 aromatic carbocycles. The van der Waals surface area contributed by atoms with Gasteiger partial charge in [-0.2, -0.15) is 5.10 Å². The zero-order valence-corrected chi connectivity index (χ0v) is 16.6. The smallest absolute Gasteiger partial charge is 0.273 e. The number of fused-ring (bicyclic) bond motifs is 1. The lowest BCUT2D eigenvalue weighted by molar-refractivity contribution is 0.101. The van der Waals surface area contributed by atoms with Crippen LogP contribution < -0.4 is 5.32 Å². The van der Waals surface area contributed by atoms with E-state index in [1.54, 1.807) is 12.3 Å². The maximum atomic E-state index is 12.9. The van der Waals surface area contributed by atoms with Gasteiger partial charge in [-0.15, -0.1) is 0 Å². The van der Waals surface area contributed by atoms with Crippen LogP contribution >= 0.6 is 15.9 Å². The molecule has 3 heterocycles. The van der Waals surface area contributed by atoms with Gasteiger partial charge in [-0.05, 0) is 27.9 Å². The first-order valence-electron chi connectivity index (χ1n) is 8.73. The topological polar surface area (TPSA) is 65.0 Å². The van der Waals surface area contributed by atoms with Crippen molar-refractivity contribution in [3.05, 3.63) is 70.7 Å². The summed E-state index contributed by atoms with van der Waals surface area (Å²) >= 11 is 3.31. The summed E-state index contributed by atoms with van der Waals surface area (Å²) in [6, 6.07) is 15.6. The fraction of sp³-hybridized carbons (Fsp3) is 0.200. The highest BCUT2D eigenvalue weighted by atomic mass is 79.9. The molecule has 0 radical (unpaired) electrons. The summed E-state index contributed by atoms with van der Waals surface area (Å²) in [5.41, 5.74) is 3.20. The van der Waals surface area contributed by atoms with Crippen molar-refractivity contribution in [1.82, 2.24) is 14.3 Å². The quantitative estimate of drug-likeness (QED) is 0.489. The summed E-state index contributed by atoms with van der Waals surface area (Å²) in [6.45, 7) is 2.11. The molecule has 0 aliphatic heterocycles. The van der Waals surface area contributed by atoms with Crippen molar-refractivity contribution in [2.24, 2.45) is 7.05 Å². The average molecular weight is 427 g/mol. The highest BCUT2D eigenvalue weighted by Crippen LogP contribution is 2.28. The van der Waals surface area contributed by atoms with E-state index in [1.165, 1.54) is 0 Å². The van der Waals surface area contributed by atoms with Gasteiger partial charge in [-0.25, -0.2) is 4.68 Å². The number of anilines is 1. The molecule has 0 fully saturated rings. The molecule has 3 aromatic heterocycles. The molecule has 7 heteroatoms. The van der Waals surface area contributed by atoms with Crippen LogP contribution in [0.2, 0.25) is 0 Å². The Morgan fingerprint density at radius 1 is 1.26 bits per heavy atom. The number of rotatable bonds is 5. The number of amides is 1. The van der Waals surface area contributed by atoms with Gasteiger partial charge in [0.05, 0.1) is 17.8 Å². The number of benzene rings is 1. The predicted octanol–water partition coefficient (Wildman–Crippen LogP) is 4.98. The summed E-state index contributed by atoms with van der Waals surface area (Å²) in [7, 11) is 1.84. The SMILES string of the molecule is CCC(c1ccccc1)n1nccc1NC(=O)c1cc2oc(Br)cc2n1C. The van der Waals surface area contributed by atoms with E-state index < -0.39 is 0 Å². The Labute approximate surface area is 164 Å². The number of nitrogens with zero attached hydrogens (tertiary/aromatic N) is 3. The van der Waals surface area contributed by atoms with E-state index >= 15 is 0 Å². The summed E-state index contributed by atoms with van der Waals surface area (Å²) in [5, 5.41) is 7.43. The monoisotopic (exact) mass is 426 g/mol. The second-order valence-electron chi connectivity index (χ2n) is 6.34. The number of carbonyl (C=O) groups excluding carboxylic acids is 1. The van der Waals surface area contributed by atoms with E-state index in [0.29, 0.717) is 21.8 Å². The Hall–Kier alpha value is -2.80. The summed E-state index contributed by atoms with van der Waals surface area (Å²) in [4.78, 5) is 12.9. The van der Waals surface area contributed by atoms with Gasteiger partial charge in [0.1, 0.15) is 11.5 Å². The fourth-order valence-corrected chi connectivity index (χ4v) is 3.76. The second-order valence-corrected chi connectivity index (χ2v) is 7.12. The van der Waals surface area contributed by atoms with Crippen molar-refractivity contribution in [3.63, 3.8) is 0 Å². The molecule has 4 aromatic rings. The molecule has 0 saturated heterocycles. The van der Waals surface area contributed by atoms with Crippen molar-refractivity contribution < 1.29 is 9.21 Å². The lowest BCUT2D eigenvalue weighted by atomic mass is 10.1. The first-order chi connectivity index (χ1) is 13.1. The highest BCUT2D eigenvalue weighted by molar-refractivity contribution is 9.10. The Morgan fingerprint density at radius 2 is 2.04 bits per heavy atom. The normalized spacial score (nSPS) is 12.4. The third-order valence-electron chi connectivity index (χ3n) is 4.71. The van der Waals surface area contributed by atoms with Gasteiger partial charge in [0.2, 0.25) is 0 Å². The highest BCUT2D eigenvalue weighted by Gasteiger charge is 2.20. The van der Waals surface area contributed by atoms with Gasteiger partial charge in [0.15, 0.2) is 10.3 Å². The number of hydrogen-bond acceptors (Lipinski definition) is 3. The van der Waals surface area contributed by atoms with Gasteiger partial charge in [0, 0.05) is 25.2 Å². The number of aromatic nitrogens is 3. The second kappa shape index (κ2) is 7.08. The predicted molar refractivity (Wildman–Crippen MR) is 108 cm³/mol. The third-order valence-corrected chi connectivity index (χ3v) is 5.10. The van der Waals surface area contributed by atoms with Crippen molar-refractivity contribution >= 4 is 38.8 Å². The van der Waals surface area contributed by atoms with Crippen molar-refractivity contribution in [2.45, 2.75) is 19.4 Å². The Kier molecular flexibility index (Phi) is 4.61. The van der Waals surface area contributed by atoms with Gasteiger partial charge in [0.25, 0.3) is 5.91 Å². The van der Waals surface area contributed by atoms with Crippen LogP contribution in [0.3, 0.4) is 0 Å². The molecule has 0 saturated carbocycles. The fourth-order valence-electron chi connectivity index (χ4n) is 3.37. The molecule has 138 valence electrons. The summed E-state index contributed by atoms with van der Waals surface area (Å²) in [5.74, 6) is 0.458. The zero-order chi connectivity index (χ0) is 19.0. The molecule has 27 heavy (non-hydrogen) atoms. The van der Waals surface area contributed by atoms with Gasteiger partial charge < -0.3 is 14.3 Å². The molecular weight excluding hydrogens is 408 g/mol. The van der Waals surface area contributed by atoms with Crippen molar-refractivity contribution in [3.8, 4) is 0 Å². The lowest BCUT2D eigenvalue weighted by Gasteiger charge is -2.19. The minimum absolute atomic E-state index is 0.0529. The maximum absolute atomic E-state index is 12.9. The third kappa shape index (κ3) is 3.19. The van der Waals surface area contributed by atoms with Crippen LogP contribution in [-0.2, 0) is 7.05 Å².